The summed E-state index contributed by atoms with van der Waals surface area (Å²) in [6, 6.07) is 5.61. The molecule has 0 bridgehead atoms. The largest absolute Gasteiger partial charge is 0.298 e. The monoisotopic (exact) mass is 274 g/mol. The highest BCUT2D eigenvalue weighted by atomic mass is 16.1. The molecule has 0 saturated heterocycles. The molecule has 0 saturated carbocycles. The van der Waals surface area contributed by atoms with Gasteiger partial charge in [-0.2, -0.15) is 0 Å². The highest BCUT2D eigenvalue weighted by Gasteiger charge is 2.23. The molecule has 0 fully saturated rings. The van der Waals surface area contributed by atoms with Crippen LogP contribution in [-0.2, 0) is 5.41 Å². The van der Waals surface area contributed by atoms with Gasteiger partial charge in [0.25, 0.3) is 0 Å². The zero-order chi connectivity index (χ0) is 15.6. The van der Waals surface area contributed by atoms with Crippen LogP contribution in [0.25, 0.3) is 0 Å². The van der Waals surface area contributed by atoms with Crippen molar-refractivity contribution in [3.63, 3.8) is 0 Å². The van der Waals surface area contributed by atoms with Crippen LogP contribution in [0.15, 0.2) is 18.2 Å². The van der Waals surface area contributed by atoms with E-state index in [-0.39, 0.29) is 16.6 Å². The molecule has 0 aliphatic heterocycles. The van der Waals surface area contributed by atoms with E-state index in [2.05, 4.69) is 41.5 Å². The minimum atomic E-state index is -0.0278. The van der Waals surface area contributed by atoms with Gasteiger partial charge in [-0.05, 0) is 22.5 Å². The maximum atomic E-state index is 12.4. The van der Waals surface area contributed by atoms with E-state index >= 15 is 0 Å². The van der Waals surface area contributed by atoms with Gasteiger partial charge in [-0.15, -0.1) is 0 Å². The fourth-order valence-corrected chi connectivity index (χ4v) is 2.04. The summed E-state index contributed by atoms with van der Waals surface area (Å²) in [4.78, 5) is 23.7. The van der Waals surface area contributed by atoms with Crippen molar-refractivity contribution in [1.29, 1.82) is 0 Å². The van der Waals surface area contributed by atoms with Crippen LogP contribution in [0.5, 0.6) is 0 Å². The van der Waals surface area contributed by atoms with Crippen LogP contribution in [0, 0.1) is 5.41 Å². The molecule has 0 aliphatic rings. The molecule has 0 aliphatic carbocycles. The molecule has 0 spiro atoms. The minimum Gasteiger partial charge on any atom is -0.298 e. The van der Waals surface area contributed by atoms with Gasteiger partial charge >= 0.3 is 0 Å². The maximum Gasteiger partial charge on any atom is 0.164 e. The highest BCUT2D eigenvalue weighted by molar-refractivity contribution is 6.03. The quantitative estimate of drug-likeness (QED) is 0.570. The first-order valence-electron chi connectivity index (χ1n) is 7.23. The molecule has 110 valence electrons. The standard InChI is InChI=1S/C18H26O2/c1-7-18(5,6)11-16(20)15-9-8-14(17(2,3)4)10-13(15)12-19/h8-10,12H,7,11H2,1-6H3. The summed E-state index contributed by atoms with van der Waals surface area (Å²) >= 11 is 0. The molecule has 0 amide bonds. The van der Waals surface area contributed by atoms with Crippen molar-refractivity contribution in [2.75, 3.05) is 0 Å². The lowest BCUT2D eigenvalue weighted by molar-refractivity contribution is 0.0923. The summed E-state index contributed by atoms with van der Waals surface area (Å²) in [6.45, 7) is 12.5. The molecule has 0 N–H and O–H groups in total. The lowest BCUT2D eigenvalue weighted by atomic mass is 9.81. The van der Waals surface area contributed by atoms with Crippen molar-refractivity contribution in [3.8, 4) is 0 Å². The summed E-state index contributed by atoms with van der Waals surface area (Å²) in [5, 5.41) is 0. The number of carbonyl (C=O) groups excluding carboxylic acids is 2. The van der Waals surface area contributed by atoms with Crippen LogP contribution in [-0.4, -0.2) is 12.1 Å². The molecule has 0 unspecified atom stereocenters. The second-order valence-electron chi connectivity index (χ2n) is 7.29. The Bertz CT molecular complexity index is 505. The Morgan fingerprint density at radius 3 is 2.20 bits per heavy atom. The topological polar surface area (TPSA) is 34.1 Å². The van der Waals surface area contributed by atoms with E-state index in [1.54, 1.807) is 6.07 Å². The number of benzene rings is 1. The fraction of sp³-hybridized carbons (Fsp3) is 0.556. The van der Waals surface area contributed by atoms with Gasteiger partial charge < -0.3 is 0 Å². The first-order chi connectivity index (χ1) is 9.10. The van der Waals surface area contributed by atoms with Crippen molar-refractivity contribution in [3.05, 3.63) is 34.9 Å². The minimum absolute atomic E-state index is 0.0258. The summed E-state index contributed by atoms with van der Waals surface area (Å²) in [5.74, 6) is 0.0550. The Morgan fingerprint density at radius 2 is 1.75 bits per heavy atom. The third-order valence-corrected chi connectivity index (χ3v) is 3.94. The number of hydrogen-bond donors (Lipinski definition) is 0. The molecule has 2 nitrogen and oxygen atoms in total. The predicted molar refractivity (Wildman–Crippen MR) is 83.5 cm³/mol. The second-order valence-corrected chi connectivity index (χ2v) is 7.29. The molecule has 0 atom stereocenters. The van der Waals surface area contributed by atoms with Gasteiger partial charge in [0.1, 0.15) is 0 Å². The highest BCUT2D eigenvalue weighted by Crippen LogP contribution is 2.29. The van der Waals surface area contributed by atoms with Gasteiger partial charge in [0.15, 0.2) is 12.1 Å². The fourth-order valence-electron chi connectivity index (χ4n) is 2.04. The smallest absolute Gasteiger partial charge is 0.164 e. The van der Waals surface area contributed by atoms with E-state index in [1.165, 1.54) is 0 Å². The molecular weight excluding hydrogens is 248 g/mol. The maximum absolute atomic E-state index is 12.4. The lowest BCUT2D eigenvalue weighted by Crippen LogP contribution is -2.18. The zero-order valence-corrected chi connectivity index (χ0v) is 13.5. The Morgan fingerprint density at radius 1 is 1.15 bits per heavy atom. The summed E-state index contributed by atoms with van der Waals surface area (Å²) in [6.07, 6.45) is 2.20. The lowest BCUT2D eigenvalue weighted by Gasteiger charge is -2.23. The molecule has 1 aromatic carbocycles. The van der Waals surface area contributed by atoms with Crippen molar-refractivity contribution < 1.29 is 9.59 Å². The third-order valence-electron chi connectivity index (χ3n) is 3.94. The van der Waals surface area contributed by atoms with Crippen LogP contribution in [0.3, 0.4) is 0 Å². The van der Waals surface area contributed by atoms with Crippen LogP contribution in [0.4, 0.5) is 0 Å². The van der Waals surface area contributed by atoms with Crippen molar-refractivity contribution in [2.24, 2.45) is 5.41 Å². The van der Waals surface area contributed by atoms with E-state index in [0.717, 1.165) is 18.3 Å². The van der Waals surface area contributed by atoms with Crippen LogP contribution in [0.1, 0.15) is 80.7 Å². The SMILES string of the molecule is CCC(C)(C)CC(=O)c1ccc(C(C)(C)C)cc1C=O. The van der Waals surface area contributed by atoms with Crippen molar-refractivity contribution >= 4 is 12.1 Å². The molecule has 2 heteroatoms. The number of hydrogen-bond acceptors (Lipinski definition) is 2. The Hall–Kier alpha value is -1.44. The van der Waals surface area contributed by atoms with E-state index in [4.69, 9.17) is 0 Å². The van der Waals surface area contributed by atoms with Crippen molar-refractivity contribution in [2.45, 2.75) is 59.8 Å². The van der Waals surface area contributed by atoms with Gasteiger partial charge in [-0.3, -0.25) is 9.59 Å². The first-order valence-corrected chi connectivity index (χ1v) is 7.23. The molecule has 0 heterocycles. The van der Waals surface area contributed by atoms with Crippen LogP contribution in [0.2, 0.25) is 0 Å². The van der Waals surface area contributed by atoms with E-state index < -0.39 is 0 Å². The normalized spacial score (nSPS) is 12.3. The Labute approximate surface area is 122 Å². The van der Waals surface area contributed by atoms with Gasteiger partial charge in [0, 0.05) is 17.5 Å². The van der Waals surface area contributed by atoms with Gasteiger partial charge in [0.2, 0.25) is 0 Å². The van der Waals surface area contributed by atoms with Crippen LogP contribution < -0.4 is 0 Å². The second kappa shape index (κ2) is 5.90. The van der Waals surface area contributed by atoms with E-state index in [9.17, 15) is 9.59 Å². The summed E-state index contributed by atoms with van der Waals surface area (Å²) in [5.41, 5.74) is 2.08. The van der Waals surface area contributed by atoms with Gasteiger partial charge in [-0.1, -0.05) is 60.1 Å². The van der Waals surface area contributed by atoms with Crippen molar-refractivity contribution in [1.82, 2.24) is 0 Å². The van der Waals surface area contributed by atoms with Gasteiger partial charge in [-0.25, -0.2) is 0 Å². The number of carbonyl (C=O) groups is 2. The number of Topliss-reactive ketones (excluding diaryl/α,β-unsaturated/α-hetero) is 1. The number of rotatable bonds is 5. The Balaban J connectivity index is 3.14. The zero-order valence-electron chi connectivity index (χ0n) is 13.5. The molecule has 1 rings (SSSR count). The predicted octanol–water partition coefficient (Wildman–Crippen LogP) is 4.81. The molecule has 0 aromatic heterocycles. The Kier molecular flexibility index (Phi) is 4.90. The number of aldehydes is 1. The molecule has 0 radical (unpaired) electrons. The van der Waals surface area contributed by atoms with E-state index in [0.29, 0.717) is 17.5 Å². The molecule has 20 heavy (non-hydrogen) atoms. The van der Waals surface area contributed by atoms with E-state index in [1.807, 2.05) is 12.1 Å². The average molecular weight is 274 g/mol. The summed E-state index contributed by atoms with van der Waals surface area (Å²) < 4.78 is 0. The molecular formula is C18H26O2. The first kappa shape index (κ1) is 16.6. The van der Waals surface area contributed by atoms with Gasteiger partial charge in [0.05, 0.1) is 0 Å². The molecule has 1 aromatic rings. The third kappa shape index (κ3) is 4.03. The van der Waals surface area contributed by atoms with Crippen LogP contribution >= 0.6 is 0 Å². The average Bonchev–Trinajstić information content (AvgIpc) is 2.36. The summed E-state index contributed by atoms with van der Waals surface area (Å²) in [7, 11) is 0. The number of ketones is 1.